The minimum atomic E-state index is -0.337. The Morgan fingerprint density at radius 1 is 0.548 bits per heavy atom. The van der Waals surface area contributed by atoms with E-state index in [2.05, 4.69) is 20.8 Å². The fourth-order valence-corrected chi connectivity index (χ4v) is 2.80. The van der Waals surface area contributed by atoms with E-state index in [0.29, 0.717) is 32.8 Å². The van der Waals surface area contributed by atoms with E-state index < -0.39 is 0 Å². The highest BCUT2D eigenvalue weighted by Gasteiger charge is 2.15. The molecule has 0 spiro atoms. The Kier molecular flexibility index (Phi) is 26.9. The van der Waals surface area contributed by atoms with Gasteiger partial charge in [-0.15, -0.1) is 0 Å². The first-order valence-electron chi connectivity index (χ1n) is 12.8. The van der Waals surface area contributed by atoms with Gasteiger partial charge in [-0.3, -0.25) is 4.79 Å². The van der Waals surface area contributed by atoms with Crippen LogP contribution in [-0.4, -0.2) is 51.2 Å². The molecular weight excluding hydrogens is 392 g/mol. The Labute approximate surface area is 193 Å². The lowest BCUT2D eigenvalue weighted by atomic mass is 10.1. The molecule has 0 aromatic rings. The average Bonchev–Trinajstić information content (AvgIpc) is 2.70. The first kappa shape index (κ1) is 32.5. The molecule has 0 fully saturated rings. The summed E-state index contributed by atoms with van der Waals surface area (Å²) >= 11 is 0. The maximum absolute atomic E-state index is 11.4. The van der Waals surface area contributed by atoms with Crippen molar-refractivity contribution in [2.24, 2.45) is 0 Å². The van der Waals surface area contributed by atoms with Crippen LogP contribution in [0.2, 0.25) is 0 Å². The second kappa shape index (κ2) is 25.6. The number of carbonyl (C=O) groups is 1. The zero-order valence-electron chi connectivity index (χ0n) is 21.8. The first-order chi connectivity index (χ1) is 14.9. The lowest BCUT2D eigenvalue weighted by Gasteiger charge is -2.19. The molecule has 5 heteroatoms. The number of unbranched alkanes of at least 4 members (excludes halogenated alkanes) is 8. The van der Waals surface area contributed by atoms with Gasteiger partial charge in [-0.25, -0.2) is 0 Å². The highest BCUT2D eigenvalue weighted by atomic mass is 16.6. The molecule has 31 heavy (non-hydrogen) atoms. The van der Waals surface area contributed by atoms with E-state index in [1.165, 1.54) is 44.9 Å². The third kappa shape index (κ3) is 34.2. The third-order valence-corrected chi connectivity index (χ3v) is 4.35. The Morgan fingerprint density at radius 2 is 0.935 bits per heavy atom. The molecule has 0 aromatic heterocycles. The molecule has 0 heterocycles. The molecule has 0 radical (unpaired) electrons. The number of rotatable bonds is 20. The molecule has 0 amide bonds. The van der Waals surface area contributed by atoms with Crippen LogP contribution < -0.4 is 0 Å². The summed E-state index contributed by atoms with van der Waals surface area (Å²) in [4.78, 5) is 11.4. The van der Waals surface area contributed by atoms with Crippen molar-refractivity contribution in [2.45, 2.75) is 124 Å². The first-order valence-corrected chi connectivity index (χ1v) is 12.8. The monoisotopic (exact) mass is 446 g/mol. The number of hydrogen-bond donors (Lipinski definition) is 0. The summed E-state index contributed by atoms with van der Waals surface area (Å²) in [6.45, 7) is 16.6. The van der Waals surface area contributed by atoms with Crippen LogP contribution in [0, 0.1) is 0 Å². The normalized spacial score (nSPS) is 11.2. The second-order valence-electron chi connectivity index (χ2n) is 9.00. The molecule has 0 unspecified atom stereocenters. The number of hydrogen-bond acceptors (Lipinski definition) is 5. The van der Waals surface area contributed by atoms with Crippen molar-refractivity contribution >= 4 is 5.97 Å². The number of esters is 1. The van der Waals surface area contributed by atoms with E-state index in [9.17, 15) is 4.79 Å². The predicted molar refractivity (Wildman–Crippen MR) is 131 cm³/mol. The molecule has 0 saturated carbocycles. The fraction of sp³-hybridized carbons (Fsp3) is 0.962. The molecule has 0 aliphatic carbocycles. The minimum Gasteiger partial charge on any atom is -0.460 e. The number of ether oxygens (including phenoxy) is 4. The quantitative estimate of drug-likeness (QED) is 0.147. The molecular formula is C26H54O5. The van der Waals surface area contributed by atoms with Gasteiger partial charge in [-0.1, -0.05) is 72.1 Å². The van der Waals surface area contributed by atoms with Crippen molar-refractivity contribution in [2.75, 3.05) is 39.6 Å². The van der Waals surface area contributed by atoms with Gasteiger partial charge in [0, 0.05) is 19.6 Å². The van der Waals surface area contributed by atoms with Crippen molar-refractivity contribution in [3.63, 3.8) is 0 Å². The topological polar surface area (TPSA) is 54.0 Å². The summed E-state index contributed by atoms with van der Waals surface area (Å²) in [5.41, 5.74) is -0.337. The van der Waals surface area contributed by atoms with Crippen LogP contribution in [0.3, 0.4) is 0 Å². The van der Waals surface area contributed by atoms with E-state index >= 15 is 0 Å². The minimum absolute atomic E-state index is 0.0505. The second-order valence-corrected chi connectivity index (χ2v) is 9.00. The molecule has 0 rings (SSSR count). The smallest absolute Gasteiger partial charge is 0.306 e. The van der Waals surface area contributed by atoms with Gasteiger partial charge in [0.1, 0.15) is 5.60 Å². The van der Waals surface area contributed by atoms with Crippen molar-refractivity contribution in [1.82, 2.24) is 0 Å². The molecule has 0 aliphatic heterocycles. The standard InChI is InChI=1S/C16H32O2.C10H22O3/c1-5-6-7-8-9-10-11-12-13-14-15(17)18-16(2,3)4;1-3-5-11-7-9-13-10-8-12-6-4-2/h5-14H2,1-4H3;3-10H2,1-2H3. The zero-order valence-corrected chi connectivity index (χ0v) is 21.8. The van der Waals surface area contributed by atoms with Gasteiger partial charge in [-0.2, -0.15) is 0 Å². The summed E-state index contributed by atoms with van der Waals surface area (Å²) in [6, 6.07) is 0. The molecule has 0 aliphatic rings. The van der Waals surface area contributed by atoms with E-state index in [1.807, 2.05) is 20.8 Å². The summed E-state index contributed by atoms with van der Waals surface area (Å²) < 4.78 is 21.0. The third-order valence-electron chi connectivity index (χ3n) is 4.35. The van der Waals surface area contributed by atoms with E-state index in [-0.39, 0.29) is 11.6 Å². The summed E-state index contributed by atoms with van der Waals surface area (Å²) in [5, 5.41) is 0. The maximum Gasteiger partial charge on any atom is 0.306 e. The molecule has 5 nitrogen and oxygen atoms in total. The summed E-state index contributed by atoms with van der Waals surface area (Å²) in [5.74, 6) is -0.0505. The van der Waals surface area contributed by atoms with Gasteiger partial charge >= 0.3 is 5.97 Å². The Hall–Kier alpha value is -0.650. The Balaban J connectivity index is 0. The number of carbonyl (C=O) groups excluding carboxylic acids is 1. The molecule has 0 aromatic carbocycles. The van der Waals surface area contributed by atoms with E-state index in [0.717, 1.165) is 38.9 Å². The van der Waals surface area contributed by atoms with Crippen LogP contribution in [0.25, 0.3) is 0 Å². The zero-order chi connectivity index (χ0) is 23.6. The van der Waals surface area contributed by atoms with Crippen LogP contribution in [0.1, 0.15) is 119 Å². The highest BCUT2D eigenvalue weighted by molar-refractivity contribution is 5.69. The van der Waals surface area contributed by atoms with Gasteiger partial charge in [0.2, 0.25) is 0 Å². The SMILES string of the molecule is CCCCCCCCCCCC(=O)OC(C)(C)C.CCCOCCOCCOCCC. The Morgan fingerprint density at radius 3 is 1.32 bits per heavy atom. The van der Waals surface area contributed by atoms with E-state index in [1.54, 1.807) is 0 Å². The molecule has 188 valence electrons. The van der Waals surface area contributed by atoms with Gasteiger partial charge in [0.25, 0.3) is 0 Å². The predicted octanol–water partition coefficient (Wildman–Crippen LogP) is 7.11. The summed E-state index contributed by atoms with van der Waals surface area (Å²) in [7, 11) is 0. The molecule has 0 bridgehead atoms. The Bertz CT molecular complexity index is 342. The van der Waals surface area contributed by atoms with E-state index in [4.69, 9.17) is 18.9 Å². The van der Waals surface area contributed by atoms with Gasteiger partial charge in [0.05, 0.1) is 26.4 Å². The molecule has 0 N–H and O–H groups in total. The van der Waals surface area contributed by atoms with Crippen LogP contribution in [0.5, 0.6) is 0 Å². The lowest BCUT2D eigenvalue weighted by Crippen LogP contribution is -2.23. The van der Waals surface area contributed by atoms with Crippen LogP contribution in [0.4, 0.5) is 0 Å². The van der Waals surface area contributed by atoms with Crippen molar-refractivity contribution in [1.29, 1.82) is 0 Å². The maximum atomic E-state index is 11.4. The van der Waals surface area contributed by atoms with Gasteiger partial charge in [-0.05, 0) is 40.0 Å². The van der Waals surface area contributed by atoms with Crippen molar-refractivity contribution < 1.29 is 23.7 Å². The van der Waals surface area contributed by atoms with Crippen LogP contribution in [0.15, 0.2) is 0 Å². The largest absolute Gasteiger partial charge is 0.460 e. The van der Waals surface area contributed by atoms with Gasteiger partial charge in [0.15, 0.2) is 0 Å². The lowest BCUT2D eigenvalue weighted by molar-refractivity contribution is -0.154. The molecule has 0 atom stereocenters. The average molecular weight is 447 g/mol. The van der Waals surface area contributed by atoms with Crippen molar-refractivity contribution in [3.05, 3.63) is 0 Å². The summed E-state index contributed by atoms with van der Waals surface area (Å²) in [6.07, 6.45) is 14.2. The van der Waals surface area contributed by atoms with Crippen LogP contribution in [-0.2, 0) is 23.7 Å². The van der Waals surface area contributed by atoms with Crippen LogP contribution >= 0.6 is 0 Å². The highest BCUT2D eigenvalue weighted by Crippen LogP contribution is 2.13. The molecule has 0 saturated heterocycles. The van der Waals surface area contributed by atoms with Gasteiger partial charge < -0.3 is 18.9 Å². The fourth-order valence-electron chi connectivity index (χ4n) is 2.80. The van der Waals surface area contributed by atoms with Crippen molar-refractivity contribution in [3.8, 4) is 0 Å².